The average Bonchev–Trinajstić information content (AvgIpc) is 3.19. The second-order valence-corrected chi connectivity index (χ2v) is 17.4. The molecule has 1 amide bonds. The van der Waals surface area contributed by atoms with Crippen molar-refractivity contribution in [3.8, 4) is 0 Å². The van der Waals surface area contributed by atoms with E-state index < -0.39 is 0 Å². The van der Waals surface area contributed by atoms with Crippen molar-refractivity contribution in [2.45, 2.75) is 252 Å². The van der Waals surface area contributed by atoms with Gasteiger partial charge in [0, 0.05) is 18.5 Å². The number of carbonyl (C=O) groups excluding carboxylic acids is 1. The molecular formula is C53H100N2O. The molecular weight excluding hydrogens is 681 g/mol. The van der Waals surface area contributed by atoms with Crippen LogP contribution in [0.1, 0.15) is 246 Å². The number of allylic oxidation sites excluding steroid dienone is 8. The van der Waals surface area contributed by atoms with E-state index in [4.69, 9.17) is 0 Å². The zero-order chi connectivity index (χ0) is 41.0. The first-order valence-corrected chi connectivity index (χ1v) is 25.1. The Morgan fingerprint density at radius 3 is 1.18 bits per heavy atom. The van der Waals surface area contributed by atoms with Crippen LogP contribution >= 0.6 is 0 Å². The van der Waals surface area contributed by atoms with Crippen LogP contribution in [-0.4, -0.2) is 48.9 Å². The molecule has 0 saturated heterocycles. The van der Waals surface area contributed by atoms with E-state index in [2.05, 4.69) is 100 Å². The standard InChI is InChI=1S/C53H100N2O/c1-7-11-14-17-19-21-23-25-27-29-31-33-35-37-40-43-47-52(48-44-41-38-36-34-32-30-28-26-24-22-20-18-15-12-8-2)55(50-45-49-54(5)6)53(56)51(10-4)46-42-39-16-13-9-3/h19-22,25-28,51-52H,7-18,23-24,29-50H2,1-6H3/b21-19-,22-20-,27-25-,28-26-. The van der Waals surface area contributed by atoms with Gasteiger partial charge in [-0.05, 0) is 117 Å². The highest BCUT2D eigenvalue weighted by Crippen LogP contribution is 2.25. The van der Waals surface area contributed by atoms with E-state index in [0.717, 1.165) is 45.2 Å². The summed E-state index contributed by atoms with van der Waals surface area (Å²) in [7, 11) is 4.34. The summed E-state index contributed by atoms with van der Waals surface area (Å²) in [5.41, 5.74) is 0. The van der Waals surface area contributed by atoms with Gasteiger partial charge in [0.2, 0.25) is 5.91 Å². The van der Waals surface area contributed by atoms with Gasteiger partial charge in [0.05, 0.1) is 0 Å². The maximum atomic E-state index is 14.3. The molecule has 0 N–H and O–H groups in total. The van der Waals surface area contributed by atoms with Gasteiger partial charge in [-0.3, -0.25) is 4.79 Å². The van der Waals surface area contributed by atoms with Crippen molar-refractivity contribution in [3.63, 3.8) is 0 Å². The summed E-state index contributed by atoms with van der Waals surface area (Å²) in [5, 5.41) is 0. The van der Waals surface area contributed by atoms with Crippen molar-refractivity contribution in [2.75, 3.05) is 27.2 Å². The zero-order valence-corrected chi connectivity index (χ0v) is 39.0. The predicted octanol–water partition coefficient (Wildman–Crippen LogP) is 16.9. The topological polar surface area (TPSA) is 23.6 Å². The van der Waals surface area contributed by atoms with Gasteiger partial charge < -0.3 is 9.80 Å². The lowest BCUT2D eigenvalue weighted by molar-refractivity contribution is -0.139. The summed E-state index contributed by atoms with van der Waals surface area (Å²) >= 11 is 0. The second kappa shape index (κ2) is 44.5. The molecule has 0 fully saturated rings. The first-order chi connectivity index (χ1) is 27.5. The van der Waals surface area contributed by atoms with E-state index >= 15 is 0 Å². The SMILES string of the molecule is CCCCC/C=C\C/C=C\CCCCCCCCC(CCCCCCCC/C=C\C/C=C\CCCCC)N(CCCN(C)C)C(=O)C(CC)CCCCCCC. The van der Waals surface area contributed by atoms with Gasteiger partial charge in [-0.1, -0.05) is 198 Å². The van der Waals surface area contributed by atoms with Crippen LogP contribution in [0.2, 0.25) is 0 Å². The molecule has 0 aromatic rings. The number of nitrogens with zero attached hydrogens (tertiary/aromatic N) is 2. The van der Waals surface area contributed by atoms with Crippen LogP contribution in [0.5, 0.6) is 0 Å². The molecule has 0 aromatic carbocycles. The highest BCUT2D eigenvalue weighted by molar-refractivity contribution is 5.79. The Hall–Kier alpha value is -1.61. The molecule has 0 aliphatic carbocycles. The van der Waals surface area contributed by atoms with E-state index in [1.807, 2.05) is 0 Å². The van der Waals surface area contributed by atoms with Crippen LogP contribution in [0.4, 0.5) is 0 Å². The van der Waals surface area contributed by atoms with Crippen LogP contribution in [-0.2, 0) is 4.79 Å². The largest absolute Gasteiger partial charge is 0.339 e. The van der Waals surface area contributed by atoms with Crippen LogP contribution in [0, 0.1) is 5.92 Å². The first-order valence-electron chi connectivity index (χ1n) is 25.1. The number of carbonyl (C=O) groups is 1. The Balaban J connectivity index is 4.96. The van der Waals surface area contributed by atoms with E-state index in [0.29, 0.717) is 11.9 Å². The highest BCUT2D eigenvalue weighted by atomic mass is 16.2. The van der Waals surface area contributed by atoms with Crippen molar-refractivity contribution < 1.29 is 4.79 Å². The summed E-state index contributed by atoms with van der Waals surface area (Å²) in [6, 6.07) is 0.412. The molecule has 0 aliphatic rings. The molecule has 56 heavy (non-hydrogen) atoms. The van der Waals surface area contributed by atoms with Gasteiger partial charge >= 0.3 is 0 Å². The molecule has 328 valence electrons. The van der Waals surface area contributed by atoms with Crippen molar-refractivity contribution in [2.24, 2.45) is 5.92 Å². The number of amides is 1. The monoisotopic (exact) mass is 781 g/mol. The molecule has 0 aromatic heterocycles. The molecule has 0 radical (unpaired) electrons. The fourth-order valence-corrected chi connectivity index (χ4v) is 7.95. The van der Waals surface area contributed by atoms with Gasteiger partial charge in [0.1, 0.15) is 0 Å². The first kappa shape index (κ1) is 54.4. The summed E-state index contributed by atoms with van der Waals surface area (Å²) in [4.78, 5) is 19.1. The fraction of sp³-hybridized carbons (Fsp3) is 0.830. The molecule has 0 rings (SSSR count). The lowest BCUT2D eigenvalue weighted by Crippen LogP contribution is -2.45. The summed E-state index contributed by atoms with van der Waals surface area (Å²) in [5.74, 6) is 0.678. The van der Waals surface area contributed by atoms with Gasteiger partial charge in [-0.2, -0.15) is 0 Å². The maximum absolute atomic E-state index is 14.3. The highest BCUT2D eigenvalue weighted by Gasteiger charge is 2.28. The lowest BCUT2D eigenvalue weighted by atomic mass is 9.93. The van der Waals surface area contributed by atoms with E-state index in [-0.39, 0.29) is 5.92 Å². The van der Waals surface area contributed by atoms with Gasteiger partial charge in [0.15, 0.2) is 0 Å². The molecule has 1 unspecified atom stereocenters. The van der Waals surface area contributed by atoms with Crippen molar-refractivity contribution in [3.05, 3.63) is 48.6 Å². The third-order valence-electron chi connectivity index (χ3n) is 11.7. The number of unbranched alkanes of at least 4 members (excludes halogenated alkanes) is 22. The van der Waals surface area contributed by atoms with Crippen molar-refractivity contribution >= 4 is 5.91 Å². The molecule has 1 atom stereocenters. The lowest BCUT2D eigenvalue weighted by Gasteiger charge is -2.35. The third-order valence-corrected chi connectivity index (χ3v) is 11.7. The average molecular weight is 781 g/mol. The second-order valence-electron chi connectivity index (χ2n) is 17.4. The predicted molar refractivity (Wildman–Crippen MR) is 254 cm³/mol. The molecule has 0 spiro atoms. The minimum absolute atomic E-state index is 0.199. The summed E-state index contributed by atoms with van der Waals surface area (Å²) in [6.07, 6.45) is 61.8. The Labute approximate surface area is 353 Å². The van der Waals surface area contributed by atoms with Crippen LogP contribution in [0.25, 0.3) is 0 Å². The minimum Gasteiger partial charge on any atom is -0.339 e. The Kier molecular flexibility index (Phi) is 43.2. The number of hydrogen-bond donors (Lipinski definition) is 0. The summed E-state index contributed by atoms with van der Waals surface area (Å²) < 4.78 is 0. The number of rotatable bonds is 43. The van der Waals surface area contributed by atoms with Gasteiger partial charge in [0.25, 0.3) is 0 Å². The van der Waals surface area contributed by atoms with Crippen LogP contribution in [0.15, 0.2) is 48.6 Å². The van der Waals surface area contributed by atoms with E-state index in [1.54, 1.807) is 0 Å². The smallest absolute Gasteiger partial charge is 0.225 e. The molecule has 0 saturated carbocycles. The van der Waals surface area contributed by atoms with Gasteiger partial charge in [-0.25, -0.2) is 0 Å². The van der Waals surface area contributed by atoms with Crippen LogP contribution in [0.3, 0.4) is 0 Å². The number of hydrogen-bond acceptors (Lipinski definition) is 2. The molecule has 0 aliphatic heterocycles. The molecule has 3 heteroatoms. The minimum atomic E-state index is 0.199. The zero-order valence-electron chi connectivity index (χ0n) is 39.0. The third kappa shape index (κ3) is 36.7. The Morgan fingerprint density at radius 2 is 0.768 bits per heavy atom. The van der Waals surface area contributed by atoms with E-state index in [9.17, 15) is 4.79 Å². The Bertz CT molecular complexity index is 869. The molecule has 3 nitrogen and oxygen atoms in total. The normalized spacial score (nSPS) is 12.9. The summed E-state index contributed by atoms with van der Waals surface area (Å²) in [6.45, 7) is 11.1. The van der Waals surface area contributed by atoms with E-state index in [1.165, 1.54) is 186 Å². The quantitative estimate of drug-likeness (QED) is 0.0454. The maximum Gasteiger partial charge on any atom is 0.225 e. The fourth-order valence-electron chi connectivity index (χ4n) is 7.95. The van der Waals surface area contributed by atoms with Crippen LogP contribution < -0.4 is 0 Å². The van der Waals surface area contributed by atoms with Crippen molar-refractivity contribution in [1.82, 2.24) is 9.80 Å². The van der Waals surface area contributed by atoms with Gasteiger partial charge in [-0.15, -0.1) is 0 Å². The van der Waals surface area contributed by atoms with Crippen molar-refractivity contribution in [1.29, 1.82) is 0 Å². The molecule has 0 heterocycles. The molecule has 0 bridgehead atoms. The Morgan fingerprint density at radius 1 is 0.411 bits per heavy atom.